The Morgan fingerprint density at radius 2 is 1.76 bits per heavy atom. The van der Waals surface area contributed by atoms with Gasteiger partial charge in [-0.2, -0.15) is 13.2 Å². The Kier molecular flexibility index (Phi) is 5.89. The van der Waals surface area contributed by atoms with Crippen molar-refractivity contribution in [3.05, 3.63) is 35.9 Å². The average Bonchev–Trinajstić information content (AvgIpc) is 2.58. The van der Waals surface area contributed by atoms with E-state index < -0.39 is 30.4 Å². The van der Waals surface area contributed by atoms with Gasteiger partial charge in [0.25, 0.3) is 0 Å². The molecule has 138 valence electrons. The predicted molar refractivity (Wildman–Crippen MR) is 79.8 cm³/mol. The number of hydrogen-bond donors (Lipinski definition) is 1. The van der Waals surface area contributed by atoms with Crippen LogP contribution in [-0.2, 0) is 20.9 Å². The lowest BCUT2D eigenvalue weighted by Gasteiger charge is -2.38. The summed E-state index contributed by atoms with van der Waals surface area (Å²) in [6, 6.07) is 8.97. The van der Waals surface area contributed by atoms with Gasteiger partial charge < -0.3 is 19.5 Å². The number of carbonyl (C=O) groups is 2. The molecule has 0 atom stereocenters. The van der Waals surface area contributed by atoms with Crippen LogP contribution in [0, 0.1) is 0 Å². The quantitative estimate of drug-likeness (QED) is 0.873. The molecule has 0 saturated carbocycles. The third-order valence-corrected chi connectivity index (χ3v) is 3.94. The average molecular weight is 361 g/mol. The van der Waals surface area contributed by atoms with Crippen molar-refractivity contribution in [2.45, 2.75) is 31.2 Å². The van der Waals surface area contributed by atoms with Gasteiger partial charge in [-0.3, -0.25) is 0 Å². The molecule has 1 heterocycles. The molecule has 9 heteroatoms. The Morgan fingerprint density at radius 1 is 1.16 bits per heavy atom. The van der Waals surface area contributed by atoms with E-state index in [0.29, 0.717) is 0 Å². The molecule has 1 N–H and O–H groups in total. The molecule has 0 unspecified atom stereocenters. The maximum absolute atomic E-state index is 12.3. The summed E-state index contributed by atoms with van der Waals surface area (Å²) < 4.78 is 46.7. The van der Waals surface area contributed by atoms with E-state index in [1.807, 2.05) is 6.07 Å². The molecule has 0 aliphatic carbocycles. The van der Waals surface area contributed by atoms with Crippen LogP contribution in [0.1, 0.15) is 18.4 Å². The molecular formula is C16H18F3NO5. The molecule has 1 aromatic rings. The summed E-state index contributed by atoms with van der Waals surface area (Å²) >= 11 is 0. The van der Waals surface area contributed by atoms with E-state index in [-0.39, 0.29) is 32.5 Å². The van der Waals surface area contributed by atoms with Crippen molar-refractivity contribution < 1.29 is 37.3 Å². The van der Waals surface area contributed by atoms with Crippen LogP contribution >= 0.6 is 0 Å². The lowest BCUT2D eigenvalue weighted by Crippen LogP contribution is -2.53. The topological polar surface area (TPSA) is 76.1 Å². The van der Waals surface area contributed by atoms with Crippen LogP contribution in [0.5, 0.6) is 0 Å². The number of carbonyl (C=O) groups excluding carboxylic acids is 1. The highest BCUT2D eigenvalue weighted by molar-refractivity contribution is 5.78. The summed E-state index contributed by atoms with van der Waals surface area (Å²) in [5.41, 5.74) is -1.15. The van der Waals surface area contributed by atoms with E-state index in [4.69, 9.17) is 4.74 Å². The highest BCUT2D eigenvalue weighted by atomic mass is 19.4. The lowest BCUT2D eigenvalue weighted by atomic mass is 9.91. The second kappa shape index (κ2) is 7.73. The summed E-state index contributed by atoms with van der Waals surface area (Å²) in [5, 5.41) is 9.24. The largest absolute Gasteiger partial charge is 0.479 e. The Morgan fingerprint density at radius 3 is 2.28 bits per heavy atom. The van der Waals surface area contributed by atoms with Crippen LogP contribution in [0.2, 0.25) is 0 Å². The van der Waals surface area contributed by atoms with Crippen molar-refractivity contribution in [2.24, 2.45) is 0 Å². The molecule has 0 spiro atoms. The van der Waals surface area contributed by atoms with Crippen molar-refractivity contribution in [3.63, 3.8) is 0 Å². The van der Waals surface area contributed by atoms with Crippen molar-refractivity contribution in [3.8, 4) is 0 Å². The first-order valence-electron chi connectivity index (χ1n) is 7.62. The SMILES string of the molecule is O=C(OCc1ccccc1)N1CCC(OCC(F)(F)F)(C(=O)O)CC1. The van der Waals surface area contributed by atoms with Crippen LogP contribution in [-0.4, -0.2) is 53.5 Å². The molecule has 25 heavy (non-hydrogen) atoms. The maximum Gasteiger partial charge on any atom is 0.411 e. The van der Waals surface area contributed by atoms with Crippen molar-refractivity contribution >= 4 is 12.1 Å². The number of rotatable bonds is 5. The second-order valence-electron chi connectivity index (χ2n) is 5.73. The Balaban J connectivity index is 1.87. The fourth-order valence-electron chi connectivity index (χ4n) is 2.50. The van der Waals surface area contributed by atoms with E-state index in [0.717, 1.165) is 5.56 Å². The first-order chi connectivity index (χ1) is 11.7. The molecule has 1 aliphatic rings. The minimum Gasteiger partial charge on any atom is -0.479 e. The number of halogens is 3. The Bertz CT molecular complexity index is 598. The number of aliphatic carboxylic acids is 1. The van der Waals surface area contributed by atoms with Gasteiger partial charge >= 0.3 is 18.2 Å². The predicted octanol–water partition coefficient (Wildman–Crippen LogP) is 2.82. The minimum absolute atomic E-state index is 0.0578. The summed E-state index contributed by atoms with van der Waals surface area (Å²) in [5.74, 6) is -1.46. The number of amides is 1. The highest BCUT2D eigenvalue weighted by Gasteiger charge is 2.46. The third-order valence-electron chi connectivity index (χ3n) is 3.94. The summed E-state index contributed by atoms with van der Waals surface area (Å²) in [6.45, 7) is -1.70. The number of benzene rings is 1. The molecular weight excluding hydrogens is 343 g/mol. The number of carboxylic acid groups (broad SMARTS) is 1. The second-order valence-corrected chi connectivity index (χ2v) is 5.73. The van der Waals surface area contributed by atoms with Gasteiger partial charge in [0.2, 0.25) is 0 Å². The molecule has 1 aromatic carbocycles. The van der Waals surface area contributed by atoms with Crippen molar-refractivity contribution in [2.75, 3.05) is 19.7 Å². The number of hydrogen-bond acceptors (Lipinski definition) is 4. The number of alkyl halides is 3. The number of likely N-dealkylation sites (tertiary alicyclic amines) is 1. The zero-order valence-corrected chi connectivity index (χ0v) is 13.3. The van der Waals surface area contributed by atoms with Gasteiger partial charge in [-0.25, -0.2) is 9.59 Å². The monoisotopic (exact) mass is 361 g/mol. The van der Waals surface area contributed by atoms with Crippen LogP contribution in [0.4, 0.5) is 18.0 Å². The minimum atomic E-state index is -4.62. The fraction of sp³-hybridized carbons (Fsp3) is 0.500. The Labute approximate surface area is 142 Å². The first kappa shape index (κ1) is 19.0. The van der Waals surface area contributed by atoms with E-state index in [1.54, 1.807) is 24.3 Å². The molecule has 1 aliphatic heterocycles. The highest BCUT2D eigenvalue weighted by Crippen LogP contribution is 2.30. The van der Waals surface area contributed by atoms with E-state index >= 15 is 0 Å². The van der Waals surface area contributed by atoms with Gasteiger partial charge in [0.05, 0.1) is 0 Å². The third kappa shape index (κ3) is 5.35. The molecule has 0 radical (unpaired) electrons. The van der Waals surface area contributed by atoms with E-state index in [9.17, 15) is 27.9 Å². The number of carboxylic acids is 1. The molecule has 0 aromatic heterocycles. The van der Waals surface area contributed by atoms with Gasteiger partial charge in [0.15, 0.2) is 5.60 Å². The standard InChI is InChI=1S/C16H18F3NO5/c17-16(18,19)11-25-15(13(21)22)6-8-20(9-7-15)14(23)24-10-12-4-2-1-3-5-12/h1-5H,6-11H2,(H,21,22). The van der Waals surface area contributed by atoms with Crippen molar-refractivity contribution in [1.29, 1.82) is 0 Å². The number of ether oxygens (including phenoxy) is 2. The normalized spacial score (nSPS) is 17.2. The fourth-order valence-corrected chi connectivity index (χ4v) is 2.50. The molecule has 2 rings (SSSR count). The number of nitrogens with zero attached hydrogens (tertiary/aromatic N) is 1. The van der Waals surface area contributed by atoms with E-state index in [2.05, 4.69) is 4.74 Å². The van der Waals surface area contributed by atoms with Gasteiger partial charge in [-0.05, 0) is 5.56 Å². The molecule has 6 nitrogen and oxygen atoms in total. The molecule has 1 fully saturated rings. The van der Waals surface area contributed by atoms with Gasteiger partial charge in [-0.1, -0.05) is 30.3 Å². The van der Waals surface area contributed by atoms with Crippen molar-refractivity contribution in [1.82, 2.24) is 4.90 Å². The van der Waals surface area contributed by atoms with Crippen LogP contribution in [0.15, 0.2) is 30.3 Å². The number of piperidine rings is 1. The van der Waals surface area contributed by atoms with E-state index in [1.165, 1.54) is 4.90 Å². The van der Waals surface area contributed by atoms with Crippen LogP contribution in [0.3, 0.4) is 0 Å². The zero-order valence-electron chi connectivity index (χ0n) is 13.3. The van der Waals surface area contributed by atoms with Gasteiger partial charge in [-0.15, -0.1) is 0 Å². The van der Waals surface area contributed by atoms with Crippen LogP contribution in [0.25, 0.3) is 0 Å². The smallest absolute Gasteiger partial charge is 0.411 e. The summed E-state index contributed by atoms with van der Waals surface area (Å²) in [6.07, 6.45) is -5.73. The Hall–Kier alpha value is -2.29. The summed E-state index contributed by atoms with van der Waals surface area (Å²) in [7, 11) is 0. The first-order valence-corrected chi connectivity index (χ1v) is 7.62. The lowest BCUT2D eigenvalue weighted by molar-refractivity contribution is -0.219. The van der Waals surface area contributed by atoms with Gasteiger partial charge in [0.1, 0.15) is 13.2 Å². The van der Waals surface area contributed by atoms with Gasteiger partial charge in [0, 0.05) is 25.9 Å². The maximum atomic E-state index is 12.3. The molecule has 0 bridgehead atoms. The zero-order chi connectivity index (χ0) is 18.5. The summed E-state index contributed by atoms with van der Waals surface area (Å²) in [4.78, 5) is 24.6. The molecule has 1 saturated heterocycles. The van der Waals surface area contributed by atoms with Crippen LogP contribution < -0.4 is 0 Å². The molecule has 1 amide bonds.